The lowest BCUT2D eigenvalue weighted by Gasteiger charge is -2.23. The summed E-state index contributed by atoms with van der Waals surface area (Å²) in [5.41, 5.74) is 5.53. The van der Waals surface area contributed by atoms with E-state index in [9.17, 15) is 4.79 Å². The molecule has 0 saturated carbocycles. The Balaban J connectivity index is 2.60. The Bertz CT molecular complexity index is 359. The number of hydrogen-bond acceptors (Lipinski definition) is 4. The number of rotatable bonds is 6. The molecule has 0 bridgehead atoms. The van der Waals surface area contributed by atoms with Crippen molar-refractivity contribution in [2.24, 2.45) is 5.73 Å². The highest BCUT2D eigenvalue weighted by Gasteiger charge is 2.17. The van der Waals surface area contributed by atoms with Crippen LogP contribution in [0.15, 0.2) is 6.33 Å². The van der Waals surface area contributed by atoms with Crippen LogP contribution in [0.25, 0.3) is 0 Å². The molecule has 0 fully saturated rings. The summed E-state index contributed by atoms with van der Waals surface area (Å²) in [6, 6.07) is 0. The minimum atomic E-state index is -0.390. The van der Waals surface area contributed by atoms with Crippen LogP contribution in [0.4, 0.5) is 5.82 Å². The molecule has 1 aromatic rings. The smallest absolute Gasteiger partial charge is 0.223 e. The average Bonchev–Trinajstić information content (AvgIpc) is 2.62. The van der Waals surface area contributed by atoms with Crippen molar-refractivity contribution in [1.29, 1.82) is 0 Å². The minimum Gasteiger partial charge on any atom is -0.377 e. The Morgan fingerprint density at radius 2 is 2.38 bits per heavy atom. The lowest BCUT2D eigenvalue weighted by Crippen LogP contribution is -2.32. The molecule has 0 radical (unpaired) electrons. The van der Waals surface area contributed by atoms with Gasteiger partial charge in [-0.1, -0.05) is 0 Å². The first-order valence-corrected chi connectivity index (χ1v) is 5.04. The van der Waals surface area contributed by atoms with E-state index in [2.05, 4.69) is 15.3 Å². The van der Waals surface area contributed by atoms with Crippen molar-refractivity contribution in [3.63, 3.8) is 0 Å². The fourth-order valence-corrected chi connectivity index (χ4v) is 1.15. The maximum absolute atomic E-state index is 10.8. The van der Waals surface area contributed by atoms with E-state index in [0.29, 0.717) is 18.1 Å². The summed E-state index contributed by atoms with van der Waals surface area (Å²) in [6.45, 7) is 4.51. The van der Waals surface area contributed by atoms with Crippen LogP contribution in [0.1, 0.15) is 19.5 Å². The second kappa shape index (κ2) is 4.98. The molecule has 90 valence electrons. The zero-order chi connectivity index (χ0) is 12.2. The van der Waals surface area contributed by atoms with Crippen molar-refractivity contribution in [3.8, 4) is 0 Å². The second-order valence-corrected chi connectivity index (χ2v) is 4.19. The first-order chi connectivity index (χ1) is 7.44. The number of primary amides is 1. The third kappa shape index (κ3) is 3.54. The fraction of sp³-hybridized carbons (Fsp3) is 0.600. The summed E-state index contributed by atoms with van der Waals surface area (Å²) in [6.07, 6.45) is 1.68. The monoisotopic (exact) mass is 226 g/mol. The third-order valence-electron chi connectivity index (χ3n) is 2.30. The third-order valence-corrected chi connectivity index (χ3v) is 2.30. The Kier molecular flexibility index (Phi) is 3.89. The predicted octanol–water partition coefficient (Wildman–Crippen LogP) is 0.274. The van der Waals surface area contributed by atoms with Gasteiger partial charge >= 0.3 is 0 Å². The number of carbonyl (C=O) groups excluding carboxylic acids is 1. The molecule has 0 saturated heterocycles. The minimum absolute atomic E-state index is 0.149. The molecule has 0 atom stereocenters. The van der Waals surface area contributed by atoms with E-state index < -0.39 is 5.91 Å². The lowest BCUT2D eigenvalue weighted by molar-refractivity contribution is -0.117. The summed E-state index contributed by atoms with van der Waals surface area (Å²) in [7, 11) is 1.65. The van der Waals surface area contributed by atoms with Gasteiger partial charge < -0.3 is 20.8 Å². The second-order valence-electron chi connectivity index (χ2n) is 4.19. The van der Waals surface area contributed by atoms with Crippen LogP contribution in [0.5, 0.6) is 0 Å². The molecular weight excluding hydrogens is 208 g/mol. The normalized spacial score (nSPS) is 11.4. The van der Waals surface area contributed by atoms with Crippen LogP contribution in [0.3, 0.4) is 0 Å². The molecule has 0 aliphatic carbocycles. The van der Waals surface area contributed by atoms with Crippen LogP contribution in [-0.4, -0.2) is 35.1 Å². The molecule has 1 amide bonds. The standard InChI is InChI=1S/C10H18N4O2/c1-10(2,16-3)5-12-9-7(4-8(11)15)13-6-14-9/h6,12H,4-5H2,1-3H3,(H2,11,15)(H,13,14). The number of aromatic amines is 1. The molecule has 0 aliphatic rings. The Hall–Kier alpha value is -1.56. The number of H-pyrrole nitrogens is 1. The van der Waals surface area contributed by atoms with Gasteiger partial charge in [0.2, 0.25) is 5.91 Å². The molecule has 0 spiro atoms. The molecule has 4 N–H and O–H groups in total. The van der Waals surface area contributed by atoms with Crippen molar-refractivity contribution in [3.05, 3.63) is 12.0 Å². The van der Waals surface area contributed by atoms with Crippen LogP contribution in [-0.2, 0) is 16.0 Å². The molecule has 1 aromatic heterocycles. The highest BCUT2D eigenvalue weighted by atomic mass is 16.5. The molecule has 1 rings (SSSR count). The van der Waals surface area contributed by atoms with E-state index >= 15 is 0 Å². The van der Waals surface area contributed by atoms with Gasteiger partial charge in [0.15, 0.2) is 0 Å². The van der Waals surface area contributed by atoms with Gasteiger partial charge in [-0.15, -0.1) is 0 Å². The molecule has 0 unspecified atom stereocenters. The number of nitrogens with one attached hydrogen (secondary N) is 2. The van der Waals surface area contributed by atoms with Gasteiger partial charge in [-0.25, -0.2) is 4.98 Å². The first-order valence-electron chi connectivity index (χ1n) is 5.04. The first kappa shape index (κ1) is 12.5. The zero-order valence-corrected chi connectivity index (χ0v) is 9.83. The van der Waals surface area contributed by atoms with Gasteiger partial charge in [0.05, 0.1) is 24.0 Å². The maximum Gasteiger partial charge on any atom is 0.223 e. The largest absolute Gasteiger partial charge is 0.377 e. The Morgan fingerprint density at radius 1 is 1.69 bits per heavy atom. The number of methoxy groups -OCH3 is 1. The average molecular weight is 226 g/mol. The summed E-state index contributed by atoms with van der Waals surface area (Å²) in [5.74, 6) is 0.252. The van der Waals surface area contributed by atoms with Crippen molar-refractivity contribution in [1.82, 2.24) is 9.97 Å². The van der Waals surface area contributed by atoms with E-state index in [4.69, 9.17) is 10.5 Å². The van der Waals surface area contributed by atoms with Gasteiger partial charge in [-0.05, 0) is 13.8 Å². The van der Waals surface area contributed by atoms with E-state index in [-0.39, 0.29) is 12.0 Å². The topological polar surface area (TPSA) is 93.0 Å². The van der Waals surface area contributed by atoms with E-state index in [0.717, 1.165) is 0 Å². The highest BCUT2D eigenvalue weighted by molar-refractivity contribution is 5.77. The van der Waals surface area contributed by atoms with Crippen molar-refractivity contribution in [2.75, 3.05) is 19.0 Å². The summed E-state index contributed by atoms with van der Waals surface area (Å²) < 4.78 is 5.26. The van der Waals surface area contributed by atoms with Gasteiger partial charge in [0.1, 0.15) is 5.82 Å². The fourth-order valence-electron chi connectivity index (χ4n) is 1.15. The van der Waals surface area contributed by atoms with Crippen molar-refractivity contribution < 1.29 is 9.53 Å². The van der Waals surface area contributed by atoms with Crippen molar-refractivity contribution >= 4 is 11.7 Å². The van der Waals surface area contributed by atoms with Gasteiger partial charge in [0.25, 0.3) is 0 Å². The summed E-state index contributed by atoms with van der Waals surface area (Å²) in [4.78, 5) is 17.8. The molecule has 1 heterocycles. The number of ether oxygens (including phenoxy) is 1. The quantitative estimate of drug-likeness (QED) is 0.649. The number of amides is 1. The summed E-state index contributed by atoms with van der Waals surface area (Å²) >= 11 is 0. The van der Waals surface area contributed by atoms with E-state index in [1.807, 2.05) is 13.8 Å². The lowest BCUT2D eigenvalue weighted by atomic mass is 10.1. The zero-order valence-electron chi connectivity index (χ0n) is 9.83. The van der Waals surface area contributed by atoms with Gasteiger partial charge in [0, 0.05) is 13.7 Å². The van der Waals surface area contributed by atoms with Crippen LogP contribution in [0.2, 0.25) is 0 Å². The predicted molar refractivity (Wildman–Crippen MR) is 61.1 cm³/mol. The maximum atomic E-state index is 10.8. The summed E-state index contributed by atoms with van der Waals surface area (Å²) in [5, 5.41) is 3.11. The molecule has 6 heteroatoms. The number of hydrogen-bond donors (Lipinski definition) is 3. The molecular formula is C10H18N4O2. The SMILES string of the molecule is COC(C)(C)CNc1nc[nH]c1CC(N)=O. The number of nitrogens with zero attached hydrogens (tertiary/aromatic N) is 1. The number of nitrogens with two attached hydrogens (primary N) is 1. The molecule has 0 aromatic carbocycles. The Labute approximate surface area is 94.6 Å². The van der Waals surface area contributed by atoms with E-state index in [1.165, 1.54) is 6.33 Å². The van der Waals surface area contributed by atoms with Crippen LogP contribution < -0.4 is 11.1 Å². The molecule has 0 aliphatic heterocycles. The number of carbonyl (C=O) groups is 1. The Morgan fingerprint density at radius 3 is 2.94 bits per heavy atom. The van der Waals surface area contributed by atoms with Gasteiger partial charge in [-0.3, -0.25) is 4.79 Å². The molecule has 6 nitrogen and oxygen atoms in total. The van der Waals surface area contributed by atoms with Crippen molar-refractivity contribution in [2.45, 2.75) is 25.9 Å². The molecule has 16 heavy (non-hydrogen) atoms. The number of imidazole rings is 1. The van der Waals surface area contributed by atoms with Crippen LogP contribution in [0, 0.1) is 0 Å². The van der Waals surface area contributed by atoms with Gasteiger partial charge in [-0.2, -0.15) is 0 Å². The van der Waals surface area contributed by atoms with E-state index in [1.54, 1.807) is 7.11 Å². The van der Waals surface area contributed by atoms with Crippen LogP contribution >= 0.6 is 0 Å². The number of anilines is 1. The number of aromatic nitrogens is 2. The highest BCUT2D eigenvalue weighted by Crippen LogP contribution is 2.13.